The quantitative estimate of drug-likeness (QED) is 0.339. The third-order valence-electron chi connectivity index (χ3n) is 5.31. The van der Waals surface area contributed by atoms with Crippen LogP contribution in [0.5, 0.6) is 5.88 Å². The highest BCUT2D eigenvalue weighted by Gasteiger charge is 2.22. The molecule has 10 heteroatoms. The maximum absolute atomic E-state index is 13.3. The van der Waals surface area contributed by atoms with Gasteiger partial charge in [0, 0.05) is 22.2 Å². The van der Waals surface area contributed by atoms with E-state index in [-0.39, 0.29) is 23.3 Å². The molecule has 7 nitrogen and oxygen atoms in total. The van der Waals surface area contributed by atoms with Gasteiger partial charge in [0.15, 0.2) is 10.8 Å². The Morgan fingerprint density at radius 1 is 1.14 bits per heavy atom. The first-order valence-electron chi connectivity index (χ1n) is 10.8. The minimum Gasteiger partial charge on any atom is -0.472 e. The van der Waals surface area contributed by atoms with Crippen LogP contribution < -0.4 is 10.3 Å². The monoisotopic (exact) mass is 530 g/mol. The highest BCUT2D eigenvalue weighted by atomic mass is 35.5. The molecule has 3 aromatic heterocycles. The van der Waals surface area contributed by atoms with Crippen molar-refractivity contribution < 1.29 is 9.84 Å². The lowest BCUT2D eigenvalue weighted by molar-refractivity contribution is 0.0688. The highest BCUT2D eigenvalue weighted by Crippen LogP contribution is 2.31. The Labute approximate surface area is 217 Å². The second-order valence-electron chi connectivity index (χ2n) is 8.72. The molecular formula is C25H24Cl2N4O3S. The topological polar surface area (TPSA) is 90.1 Å². The van der Waals surface area contributed by atoms with E-state index in [0.29, 0.717) is 27.8 Å². The Kier molecular flexibility index (Phi) is 7.02. The molecule has 0 aliphatic rings. The average Bonchev–Trinajstić information content (AvgIpc) is 3.21. The van der Waals surface area contributed by atoms with Gasteiger partial charge in [-0.3, -0.25) is 9.36 Å². The molecule has 0 aliphatic carbocycles. The Morgan fingerprint density at radius 2 is 1.89 bits per heavy atom. The van der Waals surface area contributed by atoms with Crippen molar-refractivity contribution in [1.82, 2.24) is 19.5 Å². The van der Waals surface area contributed by atoms with E-state index in [1.165, 1.54) is 4.57 Å². The summed E-state index contributed by atoms with van der Waals surface area (Å²) in [6.07, 6.45) is 1.65. The molecule has 0 unspecified atom stereocenters. The van der Waals surface area contributed by atoms with E-state index in [0.717, 1.165) is 16.0 Å². The maximum atomic E-state index is 13.3. The lowest BCUT2D eigenvalue weighted by atomic mass is 10.0. The molecule has 3 heterocycles. The van der Waals surface area contributed by atoms with Crippen LogP contribution in [-0.4, -0.2) is 24.6 Å². The van der Waals surface area contributed by atoms with E-state index in [9.17, 15) is 9.90 Å². The average molecular weight is 531 g/mol. The summed E-state index contributed by atoms with van der Waals surface area (Å²) in [4.78, 5) is 27.7. The van der Waals surface area contributed by atoms with Gasteiger partial charge in [0.1, 0.15) is 18.0 Å². The molecule has 0 aliphatic heterocycles. The molecule has 0 atom stereocenters. The Balaban J connectivity index is 1.76. The lowest BCUT2D eigenvalue weighted by Gasteiger charge is -2.18. The lowest BCUT2D eigenvalue weighted by Crippen LogP contribution is -2.24. The van der Waals surface area contributed by atoms with Gasteiger partial charge in [0.2, 0.25) is 5.88 Å². The van der Waals surface area contributed by atoms with E-state index in [1.54, 1.807) is 56.5 Å². The molecule has 0 saturated heterocycles. The van der Waals surface area contributed by atoms with Crippen LogP contribution in [0.2, 0.25) is 10.0 Å². The number of halogens is 2. The third kappa shape index (κ3) is 5.26. The van der Waals surface area contributed by atoms with Crippen molar-refractivity contribution in [3.63, 3.8) is 0 Å². The number of aromatic nitrogens is 4. The van der Waals surface area contributed by atoms with Gasteiger partial charge in [-0.25, -0.2) is 9.97 Å². The molecule has 0 spiro atoms. The molecule has 1 N–H and O–H groups in total. The second kappa shape index (κ2) is 9.70. The van der Waals surface area contributed by atoms with Gasteiger partial charge in [-0.05, 0) is 63.8 Å². The zero-order valence-corrected chi connectivity index (χ0v) is 22.2. The van der Waals surface area contributed by atoms with E-state index in [2.05, 4.69) is 15.0 Å². The van der Waals surface area contributed by atoms with Crippen molar-refractivity contribution >= 4 is 34.5 Å². The molecule has 0 saturated carbocycles. The first kappa shape index (κ1) is 25.3. The fourth-order valence-corrected chi connectivity index (χ4v) is 4.62. The molecule has 0 bridgehead atoms. The van der Waals surface area contributed by atoms with Crippen LogP contribution in [0, 0.1) is 20.8 Å². The van der Waals surface area contributed by atoms with E-state index >= 15 is 0 Å². The number of thiophene rings is 1. The largest absolute Gasteiger partial charge is 0.472 e. The number of rotatable bonds is 6. The van der Waals surface area contributed by atoms with Crippen LogP contribution in [0.4, 0.5) is 0 Å². The maximum Gasteiger partial charge on any atom is 0.280 e. The van der Waals surface area contributed by atoms with Crippen LogP contribution >= 0.6 is 34.5 Å². The summed E-state index contributed by atoms with van der Waals surface area (Å²) in [5, 5.41) is 12.5. The minimum absolute atomic E-state index is 0.0722. The molecule has 4 aromatic rings. The van der Waals surface area contributed by atoms with Gasteiger partial charge in [0.25, 0.3) is 5.56 Å². The van der Waals surface area contributed by atoms with Gasteiger partial charge in [-0.15, -0.1) is 11.3 Å². The molecule has 0 radical (unpaired) electrons. The summed E-state index contributed by atoms with van der Waals surface area (Å²) in [5.41, 5.74) is 1.80. The Bertz CT molecular complexity index is 1470. The summed E-state index contributed by atoms with van der Waals surface area (Å²) in [5.74, 6) is 0.726. The fraction of sp³-hybridized carbons (Fsp3) is 0.280. The van der Waals surface area contributed by atoms with Crippen molar-refractivity contribution in [2.75, 3.05) is 0 Å². The standard InChI is InChI=1S/C25H24Cl2N4O3S/c1-13-10-28-24(25(4,5)33)30-21(13)17-6-7-18(26)19(9-17)31-15(3)29-22(20(27)23(31)32)34-11-16-8-14(2)35-12-16/h6-10,12,33H,11H2,1-5H3. The van der Waals surface area contributed by atoms with E-state index in [4.69, 9.17) is 27.9 Å². The number of ether oxygens (including phenoxy) is 1. The number of hydrogen-bond donors (Lipinski definition) is 1. The molecule has 35 heavy (non-hydrogen) atoms. The Morgan fingerprint density at radius 3 is 2.54 bits per heavy atom. The first-order valence-corrected chi connectivity index (χ1v) is 12.4. The predicted molar refractivity (Wildman–Crippen MR) is 139 cm³/mol. The van der Waals surface area contributed by atoms with Crippen LogP contribution in [-0.2, 0) is 12.2 Å². The highest BCUT2D eigenvalue weighted by molar-refractivity contribution is 7.10. The Hall–Kier alpha value is -2.78. The summed E-state index contributed by atoms with van der Waals surface area (Å²) < 4.78 is 7.10. The van der Waals surface area contributed by atoms with Crippen molar-refractivity contribution in [3.05, 3.63) is 83.9 Å². The van der Waals surface area contributed by atoms with Gasteiger partial charge >= 0.3 is 0 Å². The zero-order valence-electron chi connectivity index (χ0n) is 19.9. The van der Waals surface area contributed by atoms with Crippen molar-refractivity contribution in [3.8, 4) is 22.8 Å². The van der Waals surface area contributed by atoms with Gasteiger partial charge < -0.3 is 9.84 Å². The van der Waals surface area contributed by atoms with Crippen LogP contribution in [0.1, 0.15) is 41.5 Å². The molecule has 182 valence electrons. The SMILES string of the molecule is Cc1cc(COc2nc(C)n(-c3cc(-c4nc(C(C)(C)O)ncc4C)ccc3Cl)c(=O)c2Cl)cs1. The normalized spacial score (nSPS) is 11.7. The van der Waals surface area contributed by atoms with E-state index in [1.807, 2.05) is 25.3 Å². The summed E-state index contributed by atoms with van der Waals surface area (Å²) in [6.45, 7) is 9.06. The van der Waals surface area contributed by atoms with Crippen molar-refractivity contribution in [2.45, 2.75) is 46.8 Å². The van der Waals surface area contributed by atoms with Crippen molar-refractivity contribution in [1.29, 1.82) is 0 Å². The summed E-state index contributed by atoms with van der Waals surface area (Å²) in [7, 11) is 0. The van der Waals surface area contributed by atoms with Gasteiger partial charge in [-0.1, -0.05) is 29.3 Å². The third-order valence-corrected chi connectivity index (χ3v) is 6.86. The summed E-state index contributed by atoms with van der Waals surface area (Å²) >= 11 is 14.5. The van der Waals surface area contributed by atoms with Crippen LogP contribution in [0.3, 0.4) is 0 Å². The molecule has 4 rings (SSSR count). The molecular weight excluding hydrogens is 507 g/mol. The number of benzene rings is 1. The number of nitrogens with zero attached hydrogens (tertiary/aromatic N) is 4. The number of hydrogen-bond acceptors (Lipinski definition) is 7. The number of aliphatic hydroxyl groups is 1. The molecule has 0 fully saturated rings. The van der Waals surface area contributed by atoms with Gasteiger partial charge in [0.05, 0.1) is 16.4 Å². The first-order chi connectivity index (χ1) is 16.5. The van der Waals surface area contributed by atoms with Gasteiger partial charge in [-0.2, -0.15) is 4.98 Å². The van der Waals surface area contributed by atoms with Crippen molar-refractivity contribution in [2.24, 2.45) is 0 Å². The van der Waals surface area contributed by atoms with Crippen LogP contribution in [0.15, 0.2) is 40.6 Å². The number of aryl methyl sites for hydroxylation is 3. The molecule has 1 aromatic carbocycles. The second-order valence-corrected chi connectivity index (χ2v) is 10.6. The minimum atomic E-state index is -1.21. The fourth-order valence-electron chi connectivity index (χ4n) is 3.55. The summed E-state index contributed by atoms with van der Waals surface area (Å²) in [6, 6.07) is 7.23. The van der Waals surface area contributed by atoms with E-state index < -0.39 is 11.2 Å². The smallest absolute Gasteiger partial charge is 0.280 e. The van der Waals surface area contributed by atoms with Crippen LogP contribution in [0.25, 0.3) is 16.9 Å². The zero-order chi connectivity index (χ0) is 25.5. The molecule has 0 amide bonds. The predicted octanol–water partition coefficient (Wildman–Crippen LogP) is 5.79.